The van der Waals surface area contributed by atoms with E-state index in [0.29, 0.717) is 6.42 Å². The maximum atomic E-state index is 12.8. The summed E-state index contributed by atoms with van der Waals surface area (Å²) in [6.07, 6.45) is 4.06. The van der Waals surface area contributed by atoms with Crippen molar-refractivity contribution in [3.05, 3.63) is 97.2 Å². The predicted octanol–water partition coefficient (Wildman–Crippen LogP) is 5.37. The average molecular weight is 352 g/mol. The van der Waals surface area contributed by atoms with Crippen molar-refractivity contribution in [3.8, 4) is 0 Å². The highest BCUT2D eigenvalue weighted by Gasteiger charge is 2.17. The van der Waals surface area contributed by atoms with Crippen LogP contribution in [0.1, 0.15) is 5.56 Å². The third-order valence-electron chi connectivity index (χ3n) is 4.78. The van der Waals surface area contributed by atoms with Gasteiger partial charge in [0.25, 0.3) is 0 Å². The maximum Gasteiger partial charge on any atom is 0.231 e. The van der Waals surface area contributed by atoms with Crippen molar-refractivity contribution in [1.82, 2.24) is 4.98 Å². The standard InChI is InChI=1S/C24H20N2O/c1-2-18(15-17-12-13-19-7-3-4-8-21(19)16-17)24(27)26-22-11-5-9-20-10-6-14-25-23(20)22/h2-14,16,18H,1,15H2,(H,26,27). The van der Waals surface area contributed by atoms with Gasteiger partial charge in [0.05, 0.1) is 17.1 Å². The van der Waals surface area contributed by atoms with Crippen LogP contribution >= 0.6 is 0 Å². The van der Waals surface area contributed by atoms with Crippen molar-refractivity contribution in [2.75, 3.05) is 5.32 Å². The molecular formula is C24H20N2O. The number of hydrogen-bond acceptors (Lipinski definition) is 2. The Morgan fingerprint density at radius 1 is 0.963 bits per heavy atom. The molecule has 0 saturated heterocycles. The maximum absolute atomic E-state index is 12.8. The third kappa shape index (κ3) is 3.58. The van der Waals surface area contributed by atoms with Crippen LogP contribution in [0.3, 0.4) is 0 Å². The van der Waals surface area contributed by atoms with Gasteiger partial charge < -0.3 is 5.32 Å². The number of para-hydroxylation sites is 1. The minimum Gasteiger partial charge on any atom is -0.324 e. The molecule has 0 aliphatic rings. The molecule has 0 saturated carbocycles. The molecule has 3 heteroatoms. The molecule has 1 aromatic heterocycles. The molecule has 4 aromatic rings. The van der Waals surface area contributed by atoms with Crippen LogP contribution in [-0.2, 0) is 11.2 Å². The Morgan fingerprint density at radius 3 is 2.59 bits per heavy atom. The molecule has 0 spiro atoms. The van der Waals surface area contributed by atoms with E-state index in [1.165, 1.54) is 10.8 Å². The summed E-state index contributed by atoms with van der Waals surface area (Å²) in [5.41, 5.74) is 2.63. The Kier molecular flexibility index (Phi) is 4.67. The smallest absolute Gasteiger partial charge is 0.231 e. The summed E-state index contributed by atoms with van der Waals surface area (Å²) in [6, 6.07) is 24.2. The summed E-state index contributed by atoms with van der Waals surface area (Å²) in [4.78, 5) is 17.2. The average Bonchev–Trinajstić information content (AvgIpc) is 2.72. The zero-order chi connectivity index (χ0) is 18.6. The van der Waals surface area contributed by atoms with E-state index in [1.54, 1.807) is 12.3 Å². The molecule has 1 N–H and O–H groups in total. The van der Waals surface area contributed by atoms with E-state index >= 15 is 0 Å². The first-order chi connectivity index (χ1) is 13.2. The molecule has 4 rings (SSSR count). The van der Waals surface area contributed by atoms with Crippen LogP contribution in [0.5, 0.6) is 0 Å². The molecule has 1 amide bonds. The summed E-state index contributed by atoms with van der Waals surface area (Å²) < 4.78 is 0. The minimum atomic E-state index is -0.315. The van der Waals surface area contributed by atoms with Gasteiger partial charge in [-0.2, -0.15) is 0 Å². The topological polar surface area (TPSA) is 42.0 Å². The molecule has 1 atom stereocenters. The lowest BCUT2D eigenvalue weighted by Gasteiger charge is -2.14. The number of amides is 1. The van der Waals surface area contributed by atoms with Crippen LogP contribution in [0.4, 0.5) is 5.69 Å². The van der Waals surface area contributed by atoms with Crippen molar-refractivity contribution in [2.45, 2.75) is 6.42 Å². The molecule has 27 heavy (non-hydrogen) atoms. The molecule has 0 aliphatic heterocycles. The Hall–Kier alpha value is -3.46. The van der Waals surface area contributed by atoms with Gasteiger partial charge in [0, 0.05) is 11.6 Å². The molecule has 1 unspecified atom stereocenters. The van der Waals surface area contributed by atoms with Gasteiger partial charge in [0.2, 0.25) is 5.91 Å². The highest BCUT2D eigenvalue weighted by Crippen LogP contribution is 2.23. The Morgan fingerprint density at radius 2 is 1.74 bits per heavy atom. The number of fused-ring (bicyclic) bond motifs is 2. The Bertz CT molecular complexity index is 1130. The van der Waals surface area contributed by atoms with Gasteiger partial charge in [-0.1, -0.05) is 66.7 Å². The zero-order valence-electron chi connectivity index (χ0n) is 14.9. The lowest BCUT2D eigenvalue weighted by molar-refractivity contribution is -0.118. The largest absolute Gasteiger partial charge is 0.324 e. The zero-order valence-corrected chi connectivity index (χ0v) is 14.9. The monoisotopic (exact) mass is 352 g/mol. The number of hydrogen-bond donors (Lipinski definition) is 1. The van der Waals surface area contributed by atoms with Gasteiger partial charge in [0.15, 0.2) is 0 Å². The number of carbonyl (C=O) groups is 1. The first kappa shape index (κ1) is 17.0. The number of carbonyl (C=O) groups excluding carboxylic acids is 1. The quantitative estimate of drug-likeness (QED) is 0.491. The molecule has 0 bridgehead atoms. The fraction of sp³-hybridized carbons (Fsp3) is 0.0833. The van der Waals surface area contributed by atoms with Crippen LogP contribution in [0, 0.1) is 5.92 Å². The summed E-state index contributed by atoms with van der Waals surface area (Å²) in [7, 11) is 0. The second-order valence-electron chi connectivity index (χ2n) is 6.60. The second-order valence-corrected chi connectivity index (χ2v) is 6.60. The number of nitrogens with zero attached hydrogens (tertiary/aromatic N) is 1. The summed E-state index contributed by atoms with van der Waals surface area (Å²) in [5.74, 6) is -0.388. The van der Waals surface area contributed by atoms with Gasteiger partial charge in [-0.05, 0) is 34.9 Å². The molecule has 132 valence electrons. The van der Waals surface area contributed by atoms with Crippen molar-refractivity contribution >= 4 is 33.3 Å². The SMILES string of the molecule is C=CC(Cc1ccc2ccccc2c1)C(=O)Nc1cccc2cccnc12. The van der Waals surface area contributed by atoms with Crippen molar-refractivity contribution < 1.29 is 4.79 Å². The first-order valence-corrected chi connectivity index (χ1v) is 8.99. The molecule has 3 nitrogen and oxygen atoms in total. The van der Waals surface area contributed by atoms with E-state index < -0.39 is 0 Å². The van der Waals surface area contributed by atoms with Gasteiger partial charge >= 0.3 is 0 Å². The molecular weight excluding hydrogens is 332 g/mol. The van der Waals surface area contributed by atoms with Crippen molar-refractivity contribution in [2.24, 2.45) is 5.92 Å². The lowest BCUT2D eigenvalue weighted by atomic mass is 9.96. The summed E-state index contributed by atoms with van der Waals surface area (Å²) >= 11 is 0. The molecule has 0 aliphatic carbocycles. The number of nitrogens with one attached hydrogen (secondary N) is 1. The second kappa shape index (κ2) is 7.42. The number of pyridine rings is 1. The normalized spacial score (nSPS) is 12.0. The Labute approximate surface area is 158 Å². The van der Waals surface area contributed by atoms with Crippen molar-refractivity contribution in [3.63, 3.8) is 0 Å². The lowest BCUT2D eigenvalue weighted by Crippen LogP contribution is -2.23. The number of benzene rings is 3. The van der Waals surface area contributed by atoms with Crippen molar-refractivity contribution in [1.29, 1.82) is 0 Å². The fourth-order valence-corrected chi connectivity index (χ4v) is 3.33. The van der Waals surface area contributed by atoms with E-state index in [9.17, 15) is 4.79 Å². The predicted molar refractivity (Wildman–Crippen MR) is 112 cm³/mol. The summed E-state index contributed by atoms with van der Waals surface area (Å²) in [6.45, 7) is 3.87. The summed E-state index contributed by atoms with van der Waals surface area (Å²) in [5, 5.41) is 6.39. The molecule has 1 heterocycles. The minimum absolute atomic E-state index is 0.0729. The van der Waals surface area contributed by atoms with Gasteiger partial charge in [-0.15, -0.1) is 6.58 Å². The van der Waals surface area contributed by atoms with Gasteiger partial charge in [0.1, 0.15) is 0 Å². The number of anilines is 1. The van der Waals surface area contributed by atoms with Crippen LogP contribution in [0.15, 0.2) is 91.6 Å². The molecule has 0 radical (unpaired) electrons. The van der Waals surface area contributed by atoms with Crippen LogP contribution in [0.25, 0.3) is 21.7 Å². The number of rotatable bonds is 5. The van der Waals surface area contributed by atoms with E-state index in [0.717, 1.165) is 22.2 Å². The fourth-order valence-electron chi connectivity index (χ4n) is 3.33. The van der Waals surface area contributed by atoms with Gasteiger partial charge in [-0.3, -0.25) is 9.78 Å². The highest BCUT2D eigenvalue weighted by atomic mass is 16.1. The van der Waals surface area contributed by atoms with E-state index in [2.05, 4.69) is 47.2 Å². The third-order valence-corrected chi connectivity index (χ3v) is 4.78. The van der Waals surface area contributed by atoms with Crippen LogP contribution < -0.4 is 5.32 Å². The molecule has 3 aromatic carbocycles. The first-order valence-electron chi connectivity index (χ1n) is 8.99. The van der Waals surface area contributed by atoms with Crippen LogP contribution in [-0.4, -0.2) is 10.9 Å². The van der Waals surface area contributed by atoms with E-state index in [-0.39, 0.29) is 11.8 Å². The van der Waals surface area contributed by atoms with E-state index in [4.69, 9.17) is 0 Å². The van der Waals surface area contributed by atoms with Crippen LogP contribution in [0.2, 0.25) is 0 Å². The van der Waals surface area contributed by atoms with Gasteiger partial charge in [-0.25, -0.2) is 0 Å². The highest BCUT2D eigenvalue weighted by molar-refractivity contribution is 6.01. The number of aromatic nitrogens is 1. The Balaban J connectivity index is 1.56. The molecule has 0 fully saturated rings. The van der Waals surface area contributed by atoms with E-state index in [1.807, 2.05) is 42.5 Å².